The van der Waals surface area contributed by atoms with Crippen molar-refractivity contribution in [3.8, 4) is 0 Å². The number of nitrogens with one attached hydrogen (secondary N) is 4. The van der Waals surface area contributed by atoms with Crippen LogP contribution in [0.4, 0.5) is 5.82 Å². The predicted molar refractivity (Wildman–Crippen MR) is 60.8 cm³/mol. The predicted octanol–water partition coefficient (Wildman–Crippen LogP) is -9.63. The Kier molecular flexibility index (Phi) is 10.0. The summed E-state index contributed by atoms with van der Waals surface area (Å²) < 4.78 is 0. The number of nitrogen functional groups attached to an aromatic ring is 1. The lowest BCUT2D eigenvalue weighted by Gasteiger charge is -2.24. The first-order valence-electron chi connectivity index (χ1n) is 4.82. The van der Waals surface area contributed by atoms with Gasteiger partial charge in [-0.2, -0.15) is 0 Å². The molecule has 2 rings (SSSR count). The van der Waals surface area contributed by atoms with Crippen molar-refractivity contribution in [2.24, 2.45) is 0 Å². The fourth-order valence-electron chi connectivity index (χ4n) is 1.64. The van der Waals surface area contributed by atoms with Crippen LogP contribution in [0, 0.1) is 0 Å². The maximum absolute atomic E-state index is 5.77. The summed E-state index contributed by atoms with van der Waals surface area (Å²) in [7, 11) is 0. The molecule has 1 aliphatic heterocycles. The van der Waals surface area contributed by atoms with Crippen LogP contribution in [0.15, 0.2) is 6.33 Å². The number of imidazole rings is 1. The number of aromatic nitrogens is 2. The van der Waals surface area contributed by atoms with Crippen molar-refractivity contribution in [1.29, 1.82) is 0 Å². The lowest BCUT2D eigenvalue weighted by molar-refractivity contribution is -0.467. The van der Waals surface area contributed by atoms with Crippen LogP contribution in [0.2, 0.25) is 0 Å². The molecule has 10 N–H and O–H groups in total. The van der Waals surface area contributed by atoms with E-state index in [9.17, 15) is 0 Å². The van der Waals surface area contributed by atoms with Crippen molar-refractivity contribution in [2.75, 3.05) is 12.3 Å². The third-order valence-electron chi connectivity index (χ3n) is 2.48. The molecule has 7 nitrogen and oxygen atoms in total. The summed E-state index contributed by atoms with van der Waals surface area (Å²) in [5.74, 6) is 1.62. The Morgan fingerprint density at radius 2 is 1.89 bits per heavy atom. The fraction of sp³-hybridized carbons (Fsp3) is 0.556. The molecule has 0 aliphatic carbocycles. The van der Waals surface area contributed by atoms with E-state index in [-0.39, 0.29) is 41.3 Å². The Balaban J connectivity index is -0.000000562. The van der Waals surface area contributed by atoms with Crippen molar-refractivity contribution in [3.63, 3.8) is 0 Å². The molecular weight excluding hydrogens is 281 g/mol. The Morgan fingerprint density at radius 1 is 1.28 bits per heavy atom. The van der Waals surface area contributed by atoms with E-state index in [1.54, 1.807) is 6.33 Å². The molecule has 0 atom stereocenters. The number of nitrogens with two attached hydrogens (primary N) is 1. The standard InChI is InChI=1S/C9H15N5.2ClH.2H2O/c1-9(2)3-4-11-8(14-9)6-7(10)13-5-12-6;;;;/h5H,3-4,10H2,1-2H3,(H,11,14)(H,12,13);2*1H;2*1H2. The molecule has 0 saturated heterocycles. The molecule has 0 fully saturated rings. The number of aromatic amines is 2. The van der Waals surface area contributed by atoms with Crippen LogP contribution in [0.1, 0.15) is 26.0 Å². The van der Waals surface area contributed by atoms with Gasteiger partial charge in [0.2, 0.25) is 0 Å². The van der Waals surface area contributed by atoms with Gasteiger partial charge in [0.25, 0.3) is 11.5 Å². The molecule has 18 heavy (non-hydrogen) atoms. The second-order valence-electron chi connectivity index (χ2n) is 4.28. The minimum Gasteiger partial charge on any atom is -1.00 e. The Morgan fingerprint density at radius 3 is 2.33 bits per heavy atom. The van der Waals surface area contributed by atoms with Gasteiger partial charge in [0, 0.05) is 6.42 Å². The van der Waals surface area contributed by atoms with Gasteiger partial charge in [-0.1, -0.05) is 0 Å². The van der Waals surface area contributed by atoms with Gasteiger partial charge in [-0.25, -0.2) is 4.98 Å². The zero-order valence-corrected chi connectivity index (χ0v) is 11.8. The topological polar surface area (TPSA) is 145 Å². The molecule has 1 aliphatic rings. The monoisotopic (exact) mass is 301 g/mol. The Bertz CT molecular complexity index is 381. The number of hydrogen-bond acceptors (Lipinski definition) is 2. The van der Waals surface area contributed by atoms with Crippen molar-refractivity contribution >= 4 is 11.7 Å². The average Bonchev–Trinajstić information content (AvgIpc) is 2.49. The number of halogens is 2. The van der Waals surface area contributed by atoms with E-state index in [0.717, 1.165) is 24.5 Å². The summed E-state index contributed by atoms with van der Waals surface area (Å²) in [6.07, 6.45) is 2.82. The summed E-state index contributed by atoms with van der Waals surface area (Å²) in [5, 5.41) is 3.41. The highest BCUT2D eigenvalue weighted by molar-refractivity contribution is 5.96. The lowest BCUT2D eigenvalue weighted by atomic mass is 9.99. The maximum Gasteiger partial charge on any atom is 0.314 e. The van der Waals surface area contributed by atoms with Crippen LogP contribution in [0.5, 0.6) is 0 Å². The van der Waals surface area contributed by atoms with E-state index in [1.807, 2.05) is 0 Å². The molecule has 9 heteroatoms. The molecule has 1 aromatic heterocycles. The van der Waals surface area contributed by atoms with Crippen LogP contribution in [0.25, 0.3) is 0 Å². The second kappa shape index (κ2) is 8.15. The first kappa shape index (κ1) is 22.2. The SMILES string of the molecule is CC1(C)CC[NH+]=C(c2[nH]c[nH+]c2N)N1.O.O.[Cl-].[Cl-]. The highest BCUT2D eigenvalue weighted by atomic mass is 35.5. The molecule has 0 saturated carbocycles. The van der Waals surface area contributed by atoms with E-state index >= 15 is 0 Å². The molecule has 0 aromatic carbocycles. The molecule has 1 aromatic rings. The van der Waals surface area contributed by atoms with Gasteiger partial charge >= 0.3 is 5.84 Å². The second-order valence-corrected chi connectivity index (χ2v) is 4.28. The number of anilines is 1. The summed E-state index contributed by atoms with van der Waals surface area (Å²) in [6, 6.07) is 0. The molecule has 108 valence electrons. The smallest absolute Gasteiger partial charge is 0.314 e. The van der Waals surface area contributed by atoms with Crippen molar-refractivity contribution in [1.82, 2.24) is 10.3 Å². The number of H-pyrrole nitrogens is 2. The van der Waals surface area contributed by atoms with Gasteiger partial charge in [0.1, 0.15) is 5.54 Å². The van der Waals surface area contributed by atoms with Crippen LogP contribution < -0.4 is 45.8 Å². The van der Waals surface area contributed by atoms with Gasteiger partial charge in [0.15, 0.2) is 6.33 Å². The van der Waals surface area contributed by atoms with Crippen LogP contribution >= 0.6 is 0 Å². The fourth-order valence-corrected chi connectivity index (χ4v) is 1.64. The van der Waals surface area contributed by atoms with E-state index in [0.29, 0.717) is 5.82 Å². The third-order valence-corrected chi connectivity index (χ3v) is 2.48. The van der Waals surface area contributed by atoms with E-state index in [2.05, 4.69) is 34.1 Å². The number of hydrogen-bond donors (Lipinski definition) is 4. The summed E-state index contributed by atoms with van der Waals surface area (Å²) >= 11 is 0. The van der Waals surface area contributed by atoms with E-state index in [1.165, 1.54) is 0 Å². The Labute approximate surface area is 118 Å². The van der Waals surface area contributed by atoms with Crippen LogP contribution in [0.3, 0.4) is 0 Å². The highest BCUT2D eigenvalue weighted by Crippen LogP contribution is 2.10. The normalized spacial score (nSPS) is 15.6. The zero-order valence-electron chi connectivity index (χ0n) is 10.3. The van der Waals surface area contributed by atoms with Crippen molar-refractivity contribution in [3.05, 3.63) is 12.0 Å². The number of rotatable bonds is 1. The molecule has 2 heterocycles. The van der Waals surface area contributed by atoms with Gasteiger partial charge in [-0.3, -0.25) is 15.3 Å². The summed E-state index contributed by atoms with van der Waals surface area (Å²) in [5.41, 5.74) is 6.80. The quantitative estimate of drug-likeness (QED) is 0.408. The average molecular weight is 302 g/mol. The van der Waals surface area contributed by atoms with E-state index < -0.39 is 0 Å². The third kappa shape index (κ3) is 4.69. The Hall–Kier alpha value is -1.02. The summed E-state index contributed by atoms with van der Waals surface area (Å²) in [4.78, 5) is 9.28. The minimum absolute atomic E-state index is 0. The lowest BCUT2D eigenvalue weighted by Crippen LogP contribution is -3.00. The van der Waals surface area contributed by atoms with Crippen LogP contribution in [-0.2, 0) is 0 Å². The first-order valence-corrected chi connectivity index (χ1v) is 4.82. The van der Waals surface area contributed by atoms with Gasteiger partial charge in [-0.05, 0) is 13.8 Å². The van der Waals surface area contributed by atoms with Crippen molar-refractivity contribution in [2.45, 2.75) is 25.8 Å². The van der Waals surface area contributed by atoms with Crippen LogP contribution in [-0.4, -0.2) is 33.9 Å². The summed E-state index contributed by atoms with van der Waals surface area (Å²) in [6.45, 7) is 5.32. The van der Waals surface area contributed by atoms with Gasteiger partial charge in [0.05, 0.1) is 6.54 Å². The minimum atomic E-state index is 0. The first-order chi connectivity index (χ1) is 6.58. The van der Waals surface area contributed by atoms with Crippen molar-refractivity contribution < 1.29 is 45.7 Å². The maximum atomic E-state index is 5.77. The molecule has 0 unspecified atom stereocenters. The molecule has 0 spiro atoms. The largest absolute Gasteiger partial charge is 1.00 e. The zero-order chi connectivity index (χ0) is 10.2. The van der Waals surface area contributed by atoms with E-state index in [4.69, 9.17) is 5.73 Å². The molecule has 0 amide bonds. The molecule has 0 radical (unpaired) electrons. The molecule has 0 bridgehead atoms. The number of amidine groups is 1. The van der Waals surface area contributed by atoms with Gasteiger partial charge < -0.3 is 41.5 Å². The highest BCUT2D eigenvalue weighted by Gasteiger charge is 2.33. The molecular formula is C9H21Cl2N5O2. The van der Waals surface area contributed by atoms with Gasteiger partial charge in [-0.15, -0.1) is 0 Å².